The molecule has 2 rings (SSSR count). The molecule has 0 spiro atoms. The van der Waals surface area contributed by atoms with E-state index in [9.17, 15) is 0 Å². The topological polar surface area (TPSA) is 40.7 Å². The van der Waals surface area contributed by atoms with Gasteiger partial charge in [-0.15, -0.1) is 11.8 Å². The summed E-state index contributed by atoms with van der Waals surface area (Å²) in [5.41, 5.74) is 1.21. The number of H-pyrrole nitrogens is 1. The summed E-state index contributed by atoms with van der Waals surface area (Å²) in [4.78, 5) is 7.96. The first-order valence-electron chi connectivity index (χ1n) is 6.19. The summed E-state index contributed by atoms with van der Waals surface area (Å²) in [5.74, 6) is 5.57. The molecule has 1 aromatic rings. The molecule has 2 N–H and O–H groups in total. The molecule has 1 aromatic heterocycles. The van der Waals surface area contributed by atoms with Crippen molar-refractivity contribution in [2.45, 2.75) is 25.6 Å². The van der Waals surface area contributed by atoms with E-state index >= 15 is 0 Å². The van der Waals surface area contributed by atoms with Crippen LogP contribution in [-0.2, 0) is 6.54 Å². The molecule has 0 aromatic carbocycles. The first-order valence-corrected chi connectivity index (χ1v) is 8.40. The monoisotopic (exact) mass is 271 g/mol. The molecule has 1 atom stereocenters. The molecular formula is C12H21N3S2. The van der Waals surface area contributed by atoms with Crippen molar-refractivity contribution < 1.29 is 0 Å². The van der Waals surface area contributed by atoms with E-state index in [1.165, 1.54) is 23.0 Å². The second kappa shape index (κ2) is 6.71. The minimum Gasteiger partial charge on any atom is -0.344 e. The molecule has 0 radical (unpaired) electrons. The van der Waals surface area contributed by atoms with Crippen LogP contribution in [0.3, 0.4) is 0 Å². The summed E-state index contributed by atoms with van der Waals surface area (Å²) < 4.78 is 0. The Bertz CT molecular complexity index is 332. The number of thioether (sulfide) groups is 2. The molecule has 1 aliphatic rings. The maximum Gasteiger partial charge on any atom is 0.120 e. The Hall–Kier alpha value is -0.130. The van der Waals surface area contributed by atoms with Crippen LogP contribution in [0.4, 0.5) is 0 Å². The molecule has 2 heterocycles. The molecule has 1 saturated heterocycles. The Kier molecular flexibility index (Phi) is 5.25. The second-order valence-corrected chi connectivity index (χ2v) is 7.21. The number of aromatic nitrogens is 2. The molecule has 1 unspecified atom stereocenters. The summed E-state index contributed by atoms with van der Waals surface area (Å²) in [6, 6.07) is 0. The van der Waals surface area contributed by atoms with Crippen LogP contribution in [0.15, 0.2) is 6.20 Å². The van der Waals surface area contributed by atoms with Crippen LogP contribution >= 0.6 is 23.5 Å². The first kappa shape index (κ1) is 13.3. The predicted octanol–water partition coefficient (Wildman–Crippen LogP) is 2.68. The molecule has 1 fully saturated rings. The third-order valence-corrected chi connectivity index (χ3v) is 5.40. The largest absolute Gasteiger partial charge is 0.344 e. The molecule has 0 saturated carbocycles. The number of imidazole rings is 1. The summed E-state index contributed by atoms with van der Waals surface area (Å²) in [6.45, 7) is 6.40. The zero-order valence-corrected chi connectivity index (χ0v) is 12.2. The van der Waals surface area contributed by atoms with Crippen molar-refractivity contribution in [1.29, 1.82) is 0 Å². The highest BCUT2D eigenvalue weighted by molar-refractivity contribution is 8.06. The van der Waals surface area contributed by atoms with Crippen LogP contribution in [0.2, 0.25) is 0 Å². The quantitative estimate of drug-likeness (QED) is 0.864. The van der Waals surface area contributed by atoms with E-state index in [1.54, 1.807) is 0 Å². The third-order valence-electron chi connectivity index (χ3n) is 2.64. The Morgan fingerprint density at radius 2 is 2.41 bits per heavy atom. The lowest BCUT2D eigenvalue weighted by atomic mass is 10.2. The van der Waals surface area contributed by atoms with Crippen LogP contribution in [0.25, 0.3) is 0 Å². The van der Waals surface area contributed by atoms with Gasteiger partial charge in [-0.2, -0.15) is 11.8 Å². The van der Waals surface area contributed by atoms with Crippen LogP contribution < -0.4 is 5.32 Å². The van der Waals surface area contributed by atoms with Crippen molar-refractivity contribution in [2.24, 2.45) is 5.92 Å². The number of hydrogen-bond acceptors (Lipinski definition) is 4. The van der Waals surface area contributed by atoms with Gasteiger partial charge in [-0.05, 0) is 12.5 Å². The lowest BCUT2D eigenvalue weighted by Gasteiger charge is -2.18. The molecule has 1 aliphatic heterocycles. The van der Waals surface area contributed by atoms with Crippen molar-refractivity contribution in [3.8, 4) is 0 Å². The van der Waals surface area contributed by atoms with Gasteiger partial charge in [0.05, 0.1) is 5.25 Å². The average Bonchev–Trinajstić information content (AvgIpc) is 2.78. The summed E-state index contributed by atoms with van der Waals surface area (Å²) >= 11 is 4.06. The highest BCUT2D eigenvalue weighted by Crippen LogP contribution is 2.34. The van der Waals surface area contributed by atoms with Gasteiger partial charge < -0.3 is 10.3 Å². The lowest BCUT2D eigenvalue weighted by Crippen LogP contribution is -2.19. The normalized spacial score (nSPS) is 21.0. The van der Waals surface area contributed by atoms with E-state index in [-0.39, 0.29) is 0 Å². The van der Waals surface area contributed by atoms with E-state index in [1.807, 2.05) is 29.7 Å². The van der Waals surface area contributed by atoms with Crippen molar-refractivity contribution in [2.75, 3.05) is 23.8 Å². The lowest BCUT2D eigenvalue weighted by molar-refractivity contribution is 0.548. The SMILES string of the molecule is CC(C)CNCc1cnc(C2CSCCS2)[nH]1. The highest BCUT2D eigenvalue weighted by Gasteiger charge is 2.19. The molecule has 5 heteroatoms. The predicted molar refractivity (Wildman–Crippen MR) is 77.7 cm³/mol. The first-order chi connectivity index (χ1) is 8.25. The van der Waals surface area contributed by atoms with E-state index in [0.29, 0.717) is 11.2 Å². The van der Waals surface area contributed by atoms with Crippen molar-refractivity contribution in [1.82, 2.24) is 15.3 Å². The Labute approximate surface area is 112 Å². The Morgan fingerprint density at radius 1 is 1.53 bits per heavy atom. The van der Waals surface area contributed by atoms with Gasteiger partial charge in [-0.25, -0.2) is 4.98 Å². The summed E-state index contributed by atoms with van der Waals surface area (Å²) in [5, 5.41) is 4.00. The molecule has 96 valence electrons. The maximum atomic E-state index is 4.51. The summed E-state index contributed by atoms with van der Waals surface area (Å²) in [6.07, 6.45) is 1.97. The Balaban J connectivity index is 1.82. The molecular weight excluding hydrogens is 250 g/mol. The molecule has 3 nitrogen and oxygen atoms in total. The van der Waals surface area contributed by atoms with Gasteiger partial charge in [-0.3, -0.25) is 0 Å². The summed E-state index contributed by atoms with van der Waals surface area (Å²) in [7, 11) is 0. The van der Waals surface area contributed by atoms with Gasteiger partial charge >= 0.3 is 0 Å². The van der Waals surface area contributed by atoms with E-state index in [0.717, 1.165) is 18.9 Å². The smallest absolute Gasteiger partial charge is 0.120 e. The van der Waals surface area contributed by atoms with Gasteiger partial charge in [0.1, 0.15) is 5.82 Å². The number of hydrogen-bond donors (Lipinski definition) is 2. The van der Waals surface area contributed by atoms with Gasteiger partial charge in [0.15, 0.2) is 0 Å². The zero-order valence-electron chi connectivity index (χ0n) is 10.5. The number of aromatic amines is 1. The Morgan fingerprint density at radius 3 is 3.12 bits per heavy atom. The van der Waals surface area contributed by atoms with Crippen molar-refractivity contribution in [3.05, 3.63) is 17.7 Å². The third kappa shape index (κ3) is 4.23. The number of nitrogens with zero attached hydrogens (tertiary/aromatic N) is 1. The van der Waals surface area contributed by atoms with Crippen LogP contribution in [0.5, 0.6) is 0 Å². The second-order valence-electron chi connectivity index (χ2n) is 4.75. The van der Waals surface area contributed by atoms with Gasteiger partial charge in [0.25, 0.3) is 0 Å². The van der Waals surface area contributed by atoms with Crippen LogP contribution in [0.1, 0.15) is 30.6 Å². The van der Waals surface area contributed by atoms with E-state index in [2.05, 4.69) is 29.1 Å². The van der Waals surface area contributed by atoms with Crippen LogP contribution in [0, 0.1) is 5.92 Å². The van der Waals surface area contributed by atoms with Gasteiger partial charge in [0.2, 0.25) is 0 Å². The zero-order chi connectivity index (χ0) is 12.1. The standard InChI is InChI=1S/C12H21N3S2/c1-9(2)5-13-6-10-7-14-12(15-10)11-8-16-3-4-17-11/h7,9,11,13H,3-6,8H2,1-2H3,(H,14,15). The fourth-order valence-electron chi connectivity index (χ4n) is 1.77. The molecule has 17 heavy (non-hydrogen) atoms. The fourth-order valence-corrected chi connectivity index (χ4v) is 4.40. The molecule has 0 bridgehead atoms. The maximum absolute atomic E-state index is 4.51. The minimum absolute atomic E-state index is 0.563. The number of nitrogens with one attached hydrogen (secondary N) is 2. The van der Waals surface area contributed by atoms with Gasteiger partial charge in [0, 0.05) is 35.7 Å². The average molecular weight is 271 g/mol. The number of rotatable bonds is 5. The highest BCUT2D eigenvalue weighted by atomic mass is 32.2. The van der Waals surface area contributed by atoms with Crippen molar-refractivity contribution >= 4 is 23.5 Å². The van der Waals surface area contributed by atoms with E-state index in [4.69, 9.17) is 0 Å². The van der Waals surface area contributed by atoms with Crippen LogP contribution in [-0.4, -0.2) is 33.8 Å². The fraction of sp³-hybridized carbons (Fsp3) is 0.750. The molecule has 0 amide bonds. The van der Waals surface area contributed by atoms with Crippen molar-refractivity contribution in [3.63, 3.8) is 0 Å². The molecule has 0 aliphatic carbocycles. The minimum atomic E-state index is 0.563. The van der Waals surface area contributed by atoms with E-state index < -0.39 is 0 Å². The van der Waals surface area contributed by atoms with Gasteiger partial charge in [-0.1, -0.05) is 13.8 Å².